The molecule has 2 unspecified atom stereocenters. The van der Waals surface area contributed by atoms with Crippen LogP contribution in [-0.4, -0.2) is 49.3 Å². The SMILES string of the molecule is COc1ccc(C(=O)NC(C(=O)NCC(O)COc2cccc(Cl)c2Cl)C(C)C)cc1. The normalized spacial score (nSPS) is 12.7. The Bertz CT molecular complexity index is 890. The standard InChI is InChI=1S/C22H26Cl2N2O5/c1-13(2)20(26-21(28)14-7-9-16(30-3)10-8-14)22(29)25-11-15(27)12-31-18-6-4-5-17(23)19(18)24/h4-10,13,15,20,27H,11-12H2,1-3H3,(H,25,29)(H,26,28). The molecule has 2 atom stereocenters. The number of halogens is 2. The molecular formula is C22H26Cl2N2O5. The number of carbonyl (C=O) groups excluding carboxylic acids is 2. The second kappa shape index (κ2) is 11.8. The molecule has 0 spiro atoms. The minimum Gasteiger partial charge on any atom is -0.497 e. The second-order valence-electron chi connectivity index (χ2n) is 7.19. The number of aliphatic hydroxyl groups excluding tert-OH is 1. The average molecular weight is 469 g/mol. The highest BCUT2D eigenvalue weighted by molar-refractivity contribution is 6.42. The Morgan fingerprint density at radius 1 is 1.10 bits per heavy atom. The van der Waals surface area contributed by atoms with Crippen molar-refractivity contribution in [3.8, 4) is 11.5 Å². The van der Waals surface area contributed by atoms with Crippen LogP contribution in [0.3, 0.4) is 0 Å². The quantitative estimate of drug-likeness (QED) is 0.496. The maximum absolute atomic E-state index is 12.6. The van der Waals surface area contributed by atoms with Crippen molar-refractivity contribution in [3.05, 3.63) is 58.1 Å². The predicted molar refractivity (Wildman–Crippen MR) is 120 cm³/mol. The molecule has 2 amide bonds. The van der Waals surface area contributed by atoms with Gasteiger partial charge in [0.25, 0.3) is 5.91 Å². The van der Waals surface area contributed by atoms with Crippen LogP contribution < -0.4 is 20.1 Å². The van der Waals surface area contributed by atoms with E-state index in [0.717, 1.165) is 0 Å². The van der Waals surface area contributed by atoms with Gasteiger partial charge in [-0.2, -0.15) is 0 Å². The Morgan fingerprint density at radius 2 is 1.77 bits per heavy atom. The first kappa shape index (κ1) is 24.8. The van der Waals surface area contributed by atoms with Gasteiger partial charge in [0.2, 0.25) is 5.91 Å². The van der Waals surface area contributed by atoms with Crippen LogP contribution in [0.4, 0.5) is 0 Å². The molecule has 0 radical (unpaired) electrons. The van der Waals surface area contributed by atoms with Crippen LogP contribution in [0.1, 0.15) is 24.2 Å². The lowest BCUT2D eigenvalue weighted by atomic mass is 10.0. The summed E-state index contributed by atoms with van der Waals surface area (Å²) in [6, 6.07) is 10.7. The molecule has 168 valence electrons. The largest absolute Gasteiger partial charge is 0.497 e. The summed E-state index contributed by atoms with van der Waals surface area (Å²) in [6.07, 6.45) is -0.982. The molecule has 3 N–H and O–H groups in total. The number of benzene rings is 2. The number of methoxy groups -OCH3 is 1. The van der Waals surface area contributed by atoms with Crippen molar-refractivity contribution in [2.45, 2.75) is 26.0 Å². The summed E-state index contributed by atoms with van der Waals surface area (Å²) in [5, 5.41) is 16.1. The summed E-state index contributed by atoms with van der Waals surface area (Å²) in [4.78, 5) is 25.1. The average Bonchev–Trinajstić information content (AvgIpc) is 2.76. The minimum absolute atomic E-state index is 0.0569. The summed E-state index contributed by atoms with van der Waals surface area (Å²) >= 11 is 12.0. The van der Waals surface area contributed by atoms with Gasteiger partial charge in [-0.3, -0.25) is 9.59 Å². The Morgan fingerprint density at radius 3 is 2.39 bits per heavy atom. The number of aliphatic hydroxyl groups is 1. The van der Waals surface area contributed by atoms with E-state index in [1.54, 1.807) is 42.5 Å². The van der Waals surface area contributed by atoms with Gasteiger partial charge in [-0.15, -0.1) is 0 Å². The summed E-state index contributed by atoms with van der Waals surface area (Å²) in [7, 11) is 1.54. The van der Waals surface area contributed by atoms with Gasteiger partial charge < -0.3 is 25.2 Å². The first-order chi connectivity index (χ1) is 14.7. The van der Waals surface area contributed by atoms with Gasteiger partial charge in [-0.1, -0.05) is 43.1 Å². The van der Waals surface area contributed by atoms with E-state index in [4.69, 9.17) is 32.7 Å². The van der Waals surface area contributed by atoms with Crippen molar-refractivity contribution in [1.29, 1.82) is 0 Å². The van der Waals surface area contributed by atoms with Gasteiger partial charge in [-0.05, 0) is 42.3 Å². The van der Waals surface area contributed by atoms with Crippen molar-refractivity contribution < 1.29 is 24.2 Å². The fourth-order valence-electron chi connectivity index (χ4n) is 2.67. The maximum Gasteiger partial charge on any atom is 0.251 e. The lowest BCUT2D eigenvalue weighted by molar-refractivity contribution is -0.124. The fourth-order valence-corrected chi connectivity index (χ4v) is 3.02. The van der Waals surface area contributed by atoms with Crippen molar-refractivity contribution in [3.63, 3.8) is 0 Å². The van der Waals surface area contributed by atoms with Crippen LogP contribution in [0.5, 0.6) is 11.5 Å². The molecule has 0 saturated heterocycles. The van der Waals surface area contributed by atoms with E-state index in [2.05, 4.69) is 10.6 Å². The first-order valence-electron chi connectivity index (χ1n) is 9.70. The predicted octanol–water partition coefficient (Wildman–Crippen LogP) is 3.31. The first-order valence-corrected chi connectivity index (χ1v) is 10.5. The number of ether oxygens (including phenoxy) is 2. The number of nitrogens with one attached hydrogen (secondary N) is 2. The molecule has 0 bridgehead atoms. The van der Waals surface area contributed by atoms with Crippen LogP contribution in [0, 0.1) is 5.92 Å². The molecule has 2 aromatic carbocycles. The topological polar surface area (TPSA) is 96.9 Å². The van der Waals surface area contributed by atoms with E-state index in [0.29, 0.717) is 22.1 Å². The van der Waals surface area contributed by atoms with E-state index in [1.807, 2.05) is 13.8 Å². The van der Waals surface area contributed by atoms with Gasteiger partial charge in [0.05, 0.1) is 12.1 Å². The molecule has 31 heavy (non-hydrogen) atoms. The van der Waals surface area contributed by atoms with E-state index in [1.165, 1.54) is 7.11 Å². The Balaban J connectivity index is 1.88. The molecule has 0 aromatic heterocycles. The van der Waals surface area contributed by atoms with Crippen molar-refractivity contribution in [2.75, 3.05) is 20.3 Å². The van der Waals surface area contributed by atoms with Gasteiger partial charge in [0.15, 0.2) is 0 Å². The minimum atomic E-state index is -0.982. The number of hydrogen-bond donors (Lipinski definition) is 3. The van der Waals surface area contributed by atoms with Crippen LogP contribution in [-0.2, 0) is 4.79 Å². The summed E-state index contributed by atoms with van der Waals surface area (Å²) in [6.45, 7) is 3.49. The fraction of sp³-hybridized carbons (Fsp3) is 0.364. The number of amides is 2. The lowest BCUT2D eigenvalue weighted by Gasteiger charge is -2.23. The highest BCUT2D eigenvalue weighted by Gasteiger charge is 2.25. The molecule has 0 aliphatic carbocycles. The molecule has 0 saturated carbocycles. The molecule has 7 nitrogen and oxygen atoms in total. The third-order valence-electron chi connectivity index (χ3n) is 4.45. The van der Waals surface area contributed by atoms with E-state index in [-0.39, 0.29) is 30.0 Å². The molecule has 0 fully saturated rings. The molecular weight excluding hydrogens is 443 g/mol. The van der Waals surface area contributed by atoms with E-state index in [9.17, 15) is 14.7 Å². The molecule has 0 aliphatic heterocycles. The molecule has 9 heteroatoms. The number of rotatable bonds is 10. The lowest BCUT2D eigenvalue weighted by Crippen LogP contribution is -2.51. The Kier molecular flexibility index (Phi) is 9.43. The van der Waals surface area contributed by atoms with E-state index >= 15 is 0 Å². The van der Waals surface area contributed by atoms with Gasteiger partial charge in [-0.25, -0.2) is 0 Å². The smallest absolute Gasteiger partial charge is 0.251 e. The van der Waals surface area contributed by atoms with Crippen LogP contribution in [0.2, 0.25) is 10.0 Å². The van der Waals surface area contributed by atoms with Crippen molar-refractivity contribution >= 4 is 35.0 Å². The van der Waals surface area contributed by atoms with Gasteiger partial charge in [0, 0.05) is 12.1 Å². The van der Waals surface area contributed by atoms with Crippen LogP contribution >= 0.6 is 23.2 Å². The second-order valence-corrected chi connectivity index (χ2v) is 7.97. The van der Waals surface area contributed by atoms with Gasteiger partial charge >= 0.3 is 0 Å². The molecule has 0 aliphatic rings. The summed E-state index contributed by atoms with van der Waals surface area (Å²) < 4.78 is 10.5. The van der Waals surface area contributed by atoms with E-state index < -0.39 is 18.1 Å². The maximum atomic E-state index is 12.6. The number of hydrogen-bond acceptors (Lipinski definition) is 5. The monoisotopic (exact) mass is 468 g/mol. The zero-order valence-corrected chi connectivity index (χ0v) is 19.0. The zero-order chi connectivity index (χ0) is 23.0. The van der Waals surface area contributed by atoms with Gasteiger partial charge in [0.1, 0.15) is 35.3 Å². The summed E-state index contributed by atoms with van der Waals surface area (Å²) in [5.74, 6) is 0.0184. The van der Waals surface area contributed by atoms with Crippen LogP contribution in [0.15, 0.2) is 42.5 Å². The Labute approximate surface area is 191 Å². The number of carbonyl (C=O) groups is 2. The zero-order valence-electron chi connectivity index (χ0n) is 17.5. The highest BCUT2D eigenvalue weighted by atomic mass is 35.5. The highest BCUT2D eigenvalue weighted by Crippen LogP contribution is 2.31. The van der Waals surface area contributed by atoms with Crippen molar-refractivity contribution in [2.24, 2.45) is 5.92 Å². The Hall–Kier alpha value is -2.48. The van der Waals surface area contributed by atoms with Crippen molar-refractivity contribution in [1.82, 2.24) is 10.6 Å². The molecule has 2 rings (SSSR count). The molecule has 2 aromatic rings. The van der Waals surface area contributed by atoms with Crippen LogP contribution in [0.25, 0.3) is 0 Å². The molecule has 0 heterocycles. The summed E-state index contributed by atoms with van der Waals surface area (Å²) in [5.41, 5.74) is 0.408. The third-order valence-corrected chi connectivity index (χ3v) is 5.25. The third kappa shape index (κ3) is 7.31.